The molecule has 0 spiro atoms. The van der Waals surface area contributed by atoms with E-state index in [0.717, 1.165) is 5.56 Å². The molecule has 3 unspecified atom stereocenters. The Balaban J connectivity index is 2.01. The van der Waals surface area contributed by atoms with Crippen molar-refractivity contribution in [3.63, 3.8) is 0 Å². The van der Waals surface area contributed by atoms with Gasteiger partial charge in [-0.25, -0.2) is 4.79 Å². The topological polar surface area (TPSA) is 58.4 Å². The number of ether oxygens (including phenoxy) is 1. The Hall–Kier alpha value is -2.32. The van der Waals surface area contributed by atoms with Crippen LogP contribution in [0.5, 0.6) is 0 Å². The quantitative estimate of drug-likeness (QED) is 0.488. The zero-order valence-electron chi connectivity index (χ0n) is 13.7. The number of methoxy groups -OCH3 is 1. The first-order chi connectivity index (χ1) is 10.9. The summed E-state index contributed by atoms with van der Waals surface area (Å²) in [7, 11) is 1.28. The molecule has 1 aromatic rings. The number of carbonyl (C=O) groups excluding carboxylic acids is 2. The standard InChI is InChI=1S/C18H22N2O3/c1-5-9-14(17(22)23-4)19-16(21)15-12-20(15)18(2,3)13-10-7-6-8-11-13/h1,6-8,10-11,14-15H,9,12H2,2-4H3,(H,19,21). The number of rotatable bonds is 6. The molecule has 1 aromatic carbocycles. The molecule has 5 heteroatoms. The molecule has 1 amide bonds. The molecule has 1 fully saturated rings. The fraction of sp³-hybridized carbons (Fsp3) is 0.444. The summed E-state index contributed by atoms with van der Waals surface area (Å²) in [5.41, 5.74) is 0.888. The Morgan fingerprint density at radius 2 is 2.09 bits per heavy atom. The lowest BCUT2D eigenvalue weighted by molar-refractivity contribution is -0.145. The second kappa shape index (κ2) is 6.84. The van der Waals surface area contributed by atoms with Gasteiger partial charge < -0.3 is 10.1 Å². The predicted octanol–water partition coefficient (Wildman–Crippen LogP) is 1.29. The molecule has 0 bridgehead atoms. The SMILES string of the molecule is C#CCC(NC(=O)C1CN1C(C)(C)c1ccccc1)C(=O)OC. The van der Waals surface area contributed by atoms with E-state index in [2.05, 4.69) is 34.7 Å². The maximum absolute atomic E-state index is 12.4. The van der Waals surface area contributed by atoms with Crippen LogP contribution in [0.1, 0.15) is 25.8 Å². The summed E-state index contributed by atoms with van der Waals surface area (Å²) in [6.07, 6.45) is 5.36. The molecule has 0 radical (unpaired) electrons. The lowest BCUT2D eigenvalue weighted by Crippen LogP contribution is -2.45. The molecular formula is C18H22N2O3. The van der Waals surface area contributed by atoms with E-state index in [1.807, 2.05) is 30.3 Å². The average Bonchev–Trinajstić information content (AvgIpc) is 3.36. The van der Waals surface area contributed by atoms with Gasteiger partial charge in [-0.3, -0.25) is 9.69 Å². The van der Waals surface area contributed by atoms with Gasteiger partial charge in [0.05, 0.1) is 7.11 Å². The van der Waals surface area contributed by atoms with Crippen LogP contribution >= 0.6 is 0 Å². The van der Waals surface area contributed by atoms with Crippen LogP contribution < -0.4 is 5.32 Å². The van der Waals surface area contributed by atoms with Crippen LogP contribution in [0.2, 0.25) is 0 Å². The van der Waals surface area contributed by atoms with Gasteiger partial charge in [-0.05, 0) is 19.4 Å². The molecular weight excluding hydrogens is 292 g/mol. The maximum Gasteiger partial charge on any atom is 0.329 e. The smallest absolute Gasteiger partial charge is 0.329 e. The first-order valence-corrected chi connectivity index (χ1v) is 7.55. The Bertz CT molecular complexity index is 619. The molecule has 3 atom stereocenters. The summed E-state index contributed by atoms with van der Waals surface area (Å²) in [5, 5.41) is 2.69. The maximum atomic E-state index is 12.4. The van der Waals surface area contributed by atoms with Crippen LogP contribution in [-0.2, 0) is 19.9 Å². The summed E-state index contributed by atoms with van der Waals surface area (Å²) >= 11 is 0. The number of esters is 1. The molecule has 1 aliphatic heterocycles. The van der Waals surface area contributed by atoms with Gasteiger partial charge in [0.25, 0.3) is 0 Å². The number of nitrogens with one attached hydrogen (secondary N) is 1. The van der Waals surface area contributed by atoms with Crippen molar-refractivity contribution < 1.29 is 14.3 Å². The van der Waals surface area contributed by atoms with Gasteiger partial charge in [0.1, 0.15) is 12.1 Å². The van der Waals surface area contributed by atoms with Crippen molar-refractivity contribution >= 4 is 11.9 Å². The fourth-order valence-corrected chi connectivity index (χ4v) is 2.71. The lowest BCUT2D eigenvalue weighted by atomic mass is 9.94. The van der Waals surface area contributed by atoms with Crippen molar-refractivity contribution in [2.24, 2.45) is 0 Å². The molecule has 1 heterocycles. The third-order valence-electron chi connectivity index (χ3n) is 4.24. The zero-order chi connectivity index (χ0) is 17.0. The number of hydrogen-bond donors (Lipinski definition) is 1. The first-order valence-electron chi connectivity index (χ1n) is 7.55. The number of amides is 1. The normalized spacial score (nSPS) is 21.0. The van der Waals surface area contributed by atoms with Gasteiger partial charge in [-0.1, -0.05) is 30.3 Å². The van der Waals surface area contributed by atoms with Crippen LogP contribution in [0.25, 0.3) is 0 Å². The van der Waals surface area contributed by atoms with Crippen molar-refractivity contribution in [3.05, 3.63) is 35.9 Å². The Morgan fingerprint density at radius 3 is 2.65 bits per heavy atom. The summed E-state index contributed by atoms with van der Waals surface area (Å²) in [6.45, 7) is 4.81. The summed E-state index contributed by atoms with van der Waals surface area (Å²) in [6, 6.07) is 8.97. The van der Waals surface area contributed by atoms with E-state index in [4.69, 9.17) is 6.42 Å². The zero-order valence-corrected chi connectivity index (χ0v) is 13.7. The van der Waals surface area contributed by atoms with Gasteiger partial charge in [0, 0.05) is 18.5 Å². The molecule has 1 N–H and O–H groups in total. The van der Waals surface area contributed by atoms with Crippen LogP contribution in [0.3, 0.4) is 0 Å². The van der Waals surface area contributed by atoms with Gasteiger partial charge in [-0.2, -0.15) is 0 Å². The number of carbonyl (C=O) groups is 2. The number of terminal acetylenes is 1. The van der Waals surface area contributed by atoms with Gasteiger partial charge in [0.15, 0.2) is 0 Å². The van der Waals surface area contributed by atoms with Crippen molar-refractivity contribution in [2.75, 3.05) is 13.7 Å². The number of benzene rings is 1. The van der Waals surface area contributed by atoms with E-state index in [-0.39, 0.29) is 23.9 Å². The van der Waals surface area contributed by atoms with Gasteiger partial charge >= 0.3 is 5.97 Å². The highest BCUT2D eigenvalue weighted by molar-refractivity contribution is 5.89. The summed E-state index contributed by atoms with van der Waals surface area (Å²) in [5.74, 6) is 1.67. The molecule has 0 aromatic heterocycles. The second-order valence-corrected chi connectivity index (χ2v) is 6.09. The number of nitrogens with zero attached hydrogens (tertiary/aromatic N) is 1. The number of hydrogen-bond acceptors (Lipinski definition) is 4. The largest absolute Gasteiger partial charge is 0.467 e. The minimum absolute atomic E-state index is 0.118. The minimum atomic E-state index is -0.792. The van der Waals surface area contributed by atoms with Gasteiger partial charge in [-0.15, -0.1) is 12.3 Å². The Labute approximate surface area is 137 Å². The molecule has 0 saturated carbocycles. The van der Waals surface area contributed by atoms with Crippen molar-refractivity contribution in [1.29, 1.82) is 0 Å². The highest BCUT2D eigenvalue weighted by Crippen LogP contribution is 2.37. The monoisotopic (exact) mass is 314 g/mol. The van der Waals surface area contributed by atoms with Crippen molar-refractivity contribution in [3.8, 4) is 12.3 Å². The highest BCUT2D eigenvalue weighted by Gasteiger charge is 2.49. The summed E-state index contributed by atoms with van der Waals surface area (Å²) in [4.78, 5) is 26.1. The van der Waals surface area contributed by atoms with E-state index in [1.165, 1.54) is 7.11 Å². The molecule has 0 aliphatic carbocycles. The summed E-state index contributed by atoms with van der Waals surface area (Å²) < 4.78 is 4.67. The van der Waals surface area contributed by atoms with E-state index < -0.39 is 12.0 Å². The highest BCUT2D eigenvalue weighted by atomic mass is 16.5. The van der Waals surface area contributed by atoms with Crippen LogP contribution in [-0.4, -0.2) is 42.5 Å². The lowest BCUT2D eigenvalue weighted by Gasteiger charge is -2.28. The van der Waals surface area contributed by atoms with E-state index >= 15 is 0 Å². The van der Waals surface area contributed by atoms with Crippen molar-refractivity contribution in [2.45, 2.75) is 37.9 Å². The Morgan fingerprint density at radius 1 is 1.43 bits per heavy atom. The van der Waals surface area contributed by atoms with Crippen molar-refractivity contribution in [1.82, 2.24) is 10.2 Å². The van der Waals surface area contributed by atoms with E-state index in [1.54, 1.807) is 0 Å². The Kier molecular flexibility index (Phi) is 5.07. The van der Waals surface area contributed by atoms with Gasteiger partial charge in [0.2, 0.25) is 5.91 Å². The molecule has 23 heavy (non-hydrogen) atoms. The molecule has 2 rings (SSSR count). The van der Waals surface area contributed by atoms with Crippen LogP contribution in [0.15, 0.2) is 30.3 Å². The fourth-order valence-electron chi connectivity index (χ4n) is 2.71. The predicted molar refractivity (Wildman–Crippen MR) is 87.4 cm³/mol. The second-order valence-electron chi connectivity index (χ2n) is 6.09. The minimum Gasteiger partial charge on any atom is -0.467 e. The molecule has 1 saturated heterocycles. The van der Waals surface area contributed by atoms with E-state index in [9.17, 15) is 9.59 Å². The van der Waals surface area contributed by atoms with Crippen LogP contribution in [0.4, 0.5) is 0 Å². The molecule has 122 valence electrons. The third-order valence-corrected chi connectivity index (χ3v) is 4.24. The first kappa shape index (κ1) is 17.0. The molecule has 5 nitrogen and oxygen atoms in total. The van der Waals surface area contributed by atoms with Crippen LogP contribution in [0, 0.1) is 12.3 Å². The average molecular weight is 314 g/mol. The van der Waals surface area contributed by atoms with E-state index in [0.29, 0.717) is 6.54 Å². The third kappa shape index (κ3) is 3.72. The molecule has 1 aliphatic rings.